The molecule has 0 aliphatic carbocycles. The van der Waals surface area contributed by atoms with Crippen molar-refractivity contribution >= 4 is 28.9 Å². The highest BCUT2D eigenvalue weighted by Crippen LogP contribution is 2.28. The number of aryl methyl sites for hydroxylation is 1. The Morgan fingerprint density at radius 2 is 2.17 bits per heavy atom. The second kappa shape index (κ2) is 4.96. The van der Waals surface area contributed by atoms with Crippen molar-refractivity contribution in [1.82, 2.24) is 9.78 Å². The Morgan fingerprint density at radius 3 is 2.72 bits per heavy atom. The lowest BCUT2D eigenvalue weighted by atomic mass is 10.2. The van der Waals surface area contributed by atoms with Crippen LogP contribution in [0.15, 0.2) is 24.3 Å². The van der Waals surface area contributed by atoms with E-state index in [4.69, 9.17) is 23.2 Å². The fraction of sp³-hybridized carbons (Fsp3) is 0.182. The van der Waals surface area contributed by atoms with Gasteiger partial charge in [-0.15, -0.1) is 0 Å². The van der Waals surface area contributed by atoms with E-state index in [0.717, 1.165) is 5.56 Å². The van der Waals surface area contributed by atoms with Crippen LogP contribution in [0.4, 0.5) is 5.69 Å². The maximum absolute atomic E-state index is 10.8. The lowest BCUT2D eigenvalue weighted by Crippen LogP contribution is -2.02. The first-order valence-corrected chi connectivity index (χ1v) is 5.86. The lowest BCUT2D eigenvalue weighted by Gasteiger charge is -2.03. The smallest absolute Gasteiger partial charge is 0.258 e. The third-order valence-corrected chi connectivity index (χ3v) is 3.05. The molecule has 0 bridgehead atoms. The molecule has 1 aromatic carbocycles. The van der Waals surface area contributed by atoms with E-state index < -0.39 is 4.92 Å². The summed E-state index contributed by atoms with van der Waals surface area (Å²) in [5.74, 6) is 0. The van der Waals surface area contributed by atoms with Crippen LogP contribution in [-0.4, -0.2) is 14.7 Å². The first-order chi connectivity index (χ1) is 8.49. The van der Waals surface area contributed by atoms with Crippen molar-refractivity contribution in [2.24, 2.45) is 0 Å². The summed E-state index contributed by atoms with van der Waals surface area (Å²) in [7, 11) is 0. The molecule has 0 fully saturated rings. The maximum Gasteiger partial charge on any atom is 0.328 e. The zero-order valence-electron chi connectivity index (χ0n) is 9.43. The Labute approximate surface area is 113 Å². The molecule has 18 heavy (non-hydrogen) atoms. The molecule has 0 atom stereocenters. The van der Waals surface area contributed by atoms with Gasteiger partial charge in [0.05, 0.1) is 11.5 Å². The highest BCUT2D eigenvalue weighted by atomic mass is 35.5. The first-order valence-electron chi connectivity index (χ1n) is 5.11. The molecule has 0 saturated heterocycles. The lowest BCUT2D eigenvalue weighted by molar-refractivity contribution is -0.385. The van der Waals surface area contributed by atoms with Gasteiger partial charge in [0.15, 0.2) is 0 Å². The molecule has 1 aromatic heterocycles. The number of hydrogen-bond donors (Lipinski definition) is 0. The number of benzene rings is 1. The van der Waals surface area contributed by atoms with Crippen molar-refractivity contribution in [3.63, 3.8) is 0 Å². The van der Waals surface area contributed by atoms with Crippen LogP contribution in [0.3, 0.4) is 0 Å². The molecule has 0 saturated carbocycles. The minimum Gasteiger partial charge on any atom is -0.258 e. The van der Waals surface area contributed by atoms with Gasteiger partial charge in [0.2, 0.25) is 5.15 Å². The van der Waals surface area contributed by atoms with Gasteiger partial charge < -0.3 is 0 Å². The molecule has 7 heteroatoms. The highest BCUT2D eigenvalue weighted by molar-refractivity contribution is 6.31. The zero-order valence-corrected chi connectivity index (χ0v) is 10.9. The number of rotatable bonds is 3. The van der Waals surface area contributed by atoms with Gasteiger partial charge in [-0.2, -0.15) is 5.10 Å². The molecule has 5 nitrogen and oxygen atoms in total. The summed E-state index contributed by atoms with van der Waals surface area (Å²) in [6.45, 7) is 1.90. The predicted octanol–water partition coefficient (Wildman–Crippen LogP) is 3.45. The summed E-state index contributed by atoms with van der Waals surface area (Å²) in [6, 6.07) is 7.17. The third kappa shape index (κ3) is 2.47. The van der Waals surface area contributed by atoms with Gasteiger partial charge in [-0.1, -0.05) is 35.3 Å². The van der Waals surface area contributed by atoms with Crippen molar-refractivity contribution in [3.8, 4) is 0 Å². The molecular weight excluding hydrogens is 277 g/mol. The third-order valence-electron chi connectivity index (χ3n) is 2.44. The molecule has 0 unspecified atom stereocenters. The summed E-state index contributed by atoms with van der Waals surface area (Å²) in [5.41, 5.74) is 1.02. The van der Waals surface area contributed by atoms with Crippen LogP contribution in [0.1, 0.15) is 11.3 Å². The van der Waals surface area contributed by atoms with E-state index in [1.54, 1.807) is 25.1 Å². The van der Waals surface area contributed by atoms with E-state index in [1.165, 1.54) is 4.68 Å². The number of nitrogens with zero attached hydrogens (tertiary/aromatic N) is 3. The van der Waals surface area contributed by atoms with Gasteiger partial charge in [-0.3, -0.25) is 10.1 Å². The van der Waals surface area contributed by atoms with Crippen LogP contribution in [0.25, 0.3) is 0 Å². The number of halogens is 2. The Kier molecular flexibility index (Phi) is 3.54. The van der Waals surface area contributed by atoms with Crippen molar-refractivity contribution in [3.05, 3.63) is 55.8 Å². The quantitative estimate of drug-likeness (QED) is 0.641. The molecule has 1 heterocycles. The van der Waals surface area contributed by atoms with E-state index in [9.17, 15) is 10.1 Å². The Morgan fingerprint density at radius 1 is 1.44 bits per heavy atom. The van der Waals surface area contributed by atoms with Gasteiger partial charge in [-0.25, -0.2) is 4.68 Å². The molecule has 94 valence electrons. The van der Waals surface area contributed by atoms with Crippen molar-refractivity contribution in [2.45, 2.75) is 13.5 Å². The van der Waals surface area contributed by atoms with E-state index in [2.05, 4.69) is 5.10 Å². The summed E-state index contributed by atoms with van der Waals surface area (Å²) in [4.78, 5) is 10.3. The molecule has 0 spiro atoms. The molecule has 0 aliphatic heterocycles. The van der Waals surface area contributed by atoms with Crippen LogP contribution in [0.2, 0.25) is 10.2 Å². The van der Waals surface area contributed by atoms with E-state index in [-0.39, 0.29) is 10.8 Å². The van der Waals surface area contributed by atoms with Gasteiger partial charge in [0.1, 0.15) is 5.69 Å². The van der Waals surface area contributed by atoms with Gasteiger partial charge >= 0.3 is 5.69 Å². The van der Waals surface area contributed by atoms with E-state index in [1.807, 2.05) is 6.07 Å². The molecule has 2 aromatic rings. The largest absolute Gasteiger partial charge is 0.328 e. The van der Waals surface area contributed by atoms with Crippen molar-refractivity contribution in [1.29, 1.82) is 0 Å². The molecule has 0 aliphatic rings. The zero-order chi connectivity index (χ0) is 13.3. The molecule has 0 radical (unpaired) electrons. The first kappa shape index (κ1) is 12.9. The summed E-state index contributed by atoms with van der Waals surface area (Å²) in [5, 5.41) is 15.5. The molecular formula is C11H9Cl2N3O2. The van der Waals surface area contributed by atoms with Crippen LogP contribution >= 0.6 is 23.2 Å². The standard InChI is InChI=1S/C11H9Cl2N3O2/c1-7-10(16(17)18)11(13)15(14-7)6-8-3-2-4-9(12)5-8/h2-5H,6H2,1H3. The van der Waals surface area contributed by atoms with E-state index in [0.29, 0.717) is 17.3 Å². The second-order valence-electron chi connectivity index (χ2n) is 3.77. The predicted molar refractivity (Wildman–Crippen MR) is 69.2 cm³/mol. The number of hydrogen-bond acceptors (Lipinski definition) is 3. The van der Waals surface area contributed by atoms with Crippen LogP contribution in [0.5, 0.6) is 0 Å². The maximum atomic E-state index is 10.8. The van der Waals surface area contributed by atoms with Crippen molar-refractivity contribution < 1.29 is 4.92 Å². The van der Waals surface area contributed by atoms with Gasteiger partial charge in [0.25, 0.3) is 0 Å². The van der Waals surface area contributed by atoms with Crippen molar-refractivity contribution in [2.75, 3.05) is 0 Å². The topological polar surface area (TPSA) is 61.0 Å². The molecule has 0 amide bonds. The summed E-state index contributed by atoms with van der Waals surface area (Å²) in [6.07, 6.45) is 0. The van der Waals surface area contributed by atoms with E-state index >= 15 is 0 Å². The average Bonchev–Trinajstić information content (AvgIpc) is 2.54. The van der Waals surface area contributed by atoms with Crippen LogP contribution in [0, 0.1) is 17.0 Å². The minimum absolute atomic E-state index is 0.0254. The number of aromatic nitrogens is 2. The van der Waals surface area contributed by atoms with Gasteiger partial charge in [-0.05, 0) is 24.6 Å². The fourth-order valence-electron chi connectivity index (χ4n) is 1.66. The molecule has 2 rings (SSSR count). The summed E-state index contributed by atoms with van der Waals surface area (Å²) >= 11 is 11.8. The van der Waals surface area contributed by atoms with Crippen LogP contribution < -0.4 is 0 Å². The Balaban J connectivity index is 2.36. The fourth-order valence-corrected chi connectivity index (χ4v) is 2.18. The second-order valence-corrected chi connectivity index (χ2v) is 4.56. The normalized spacial score (nSPS) is 10.6. The highest BCUT2D eigenvalue weighted by Gasteiger charge is 2.23. The number of nitro groups is 1. The van der Waals surface area contributed by atoms with Gasteiger partial charge in [0, 0.05) is 5.02 Å². The summed E-state index contributed by atoms with van der Waals surface area (Å²) < 4.78 is 1.39. The minimum atomic E-state index is -0.529. The average molecular weight is 286 g/mol. The monoisotopic (exact) mass is 285 g/mol. The molecule has 0 N–H and O–H groups in total. The Hall–Kier alpha value is -1.59. The van der Waals surface area contributed by atoms with Crippen LogP contribution in [-0.2, 0) is 6.54 Å². The Bertz CT molecular complexity index is 610. The SMILES string of the molecule is Cc1nn(Cc2cccc(Cl)c2)c(Cl)c1[N+](=O)[O-].